The van der Waals surface area contributed by atoms with Gasteiger partial charge in [-0.05, 0) is 44.3 Å². The Hall–Kier alpha value is -0.860. The van der Waals surface area contributed by atoms with E-state index in [1.165, 1.54) is 30.5 Å². The second kappa shape index (κ2) is 7.06. The summed E-state index contributed by atoms with van der Waals surface area (Å²) < 4.78 is 0. The highest BCUT2D eigenvalue weighted by atomic mass is 15.1. The summed E-state index contributed by atoms with van der Waals surface area (Å²) in [5.74, 6) is 0.784. The summed E-state index contributed by atoms with van der Waals surface area (Å²) in [4.78, 5) is 2.48. The molecule has 1 saturated carbocycles. The lowest BCUT2D eigenvalue weighted by Crippen LogP contribution is -2.43. The monoisotopic (exact) mass is 260 g/mol. The molecule has 0 spiro atoms. The molecule has 0 bridgehead atoms. The summed E-state index contributed by atoms with van der Waals surface area (Å²) in [5, 5.41) is 3.69. The van der Waals surface area contributed by atoms with Gasteiger partial charge in [-0.1, -0.05) is 43.7 Å². The fraction of sp³-hybridized carbons (Fsp3) is 0.647. The highest BCUT2D eigenvalue weighted by Gasteiger charge is 2.29. The zero-order chi connectivity index (χ0) is 13.7. The molecule has 1 aliphatic rings. The molecule has 0 amide bonds. The number of nitrogens with one attached hydrogen (secondary N) is 1. The van der Waals surface area contributed by atoms with Crippen LogP contribution in [0.15, 0.2) is 24.3 Å². The molecule has 2 nitrogen and oxygen atoms in total. The van der Waals surface area contributed by atoms with E-state index in [1.54, 1.807) is 0 Å². The highest BCUT2D eigenvalue weighted by molar-refractivity contribution is 5.26. The SMILES string of the molecule is CCN(CC)CCNC1CC(c2ccc(C)cc2)C1. The predicted molar refractivity (Wildman–Crippen MR) is 82.7 cm³/mol. The highest BCUT2D eigenvalue weighted by Crippen LogP contribution is 2.36. The first kappa shape index (κ1) is 14.5. The normalized spacial score (nSPS) is 22.5. The fourth-order valence-electron chi connectivity index (χ4n) is 2.86. The molecular weight excluding hydrogens is 232 g/mol. The van der Waals surface area contributed by atoms with Gasteiger partial charge in [-0.25, -0.2) is 0 Å². The van der Waals surface area contributed by atoms with Crippen molar-refractivity contribution in [2.75, 3.05) is 26.2 Å². The van der Waals surface area contributed by atoms with Crippen molar-refractivity contribution in [3.8, 4) is 0 Å². The standard InChI is InChI=1S/C17H28N2/c1-4-19(5-2)11-10-18-17-12-16(13-17)15-8-6-14(3)7-9-15/h6-9,16-18H,4-5,10-13H2,1-3H3. The van der Waals surface area contributed by atoms with Crippen LogP contribution in [0, 0.1) is 6.92 Å². The minimum Gasteiger partial charge on any atom is -0.313 e. The van der Waals surface area contributed by atoms with Crippen LogP contribution in [0.2, 0.25) is 0 Å². The quantitative estimate of drug-likeness (QED) is 0.810. The molecule has 0 aliphatic heterocycles. The van der Waals surface area contributed by atoms with Gasteiger partial charge < -0.3 is 10.2 Å². The van der Waals surface area contributed by atoms with Gasteiger partial charge >= 0.3 is 0 Å². The van der Waals surface area contributed by atoms with Gasteiger partial charge in [-0.15, -0.1) is 0 Å². The molecule has 1 aromatic rings. The molecule has 0 aromatic heterocycles. The van der Waals surface area contributed by atoms with Gasteiger partial charge in [0, 0.05) is 19.1 Å². The van der Waals surface area contributed by atoms with Crippen LogP contribution >= 0.6 is 0 Å². The van der Waals surface area contributed by atoms with Crippen molar-refractivity contribution in [3.05, 3.63) is 35.4 Å². The van der Waals surface area contributed by atoms with E-state index in [0.29, 0.717) is 0 Å². The molecule has 1 aliphatic carbocycles. The van der Waals surface area contributed by atoms with Gasteiger partial charge in [-0.3, -0.25) is 0 Å². The average molecular weight is 260 g/mol. The van der Waals surface area contributed by atoms with Crippen LogP contribution in [-0.2, 0) is 0 Å². The Kier molecular flexibility index (Phi) is 5.41. The number of benzene rings is 1. The first-order chi connectivity index (χ1) is 9.22. The Labute approximate surface area is 118 Å². The van der Waals surface area contributed by atoms with Crippen LogP contribution < -0.4 is 5.32 Å². The zero-order valence-corrected chi connectivity index (χ0v) is 12.7. The minimum atomic E-state index is 0.738. The minimum absolute atomic E-state index is 0.738. The average Bonchev–Trinajstić information content (AvgIpc) is 2.38. The summed E-state index contributed by atoms with van der Waals surface area (Å²) in [6, 6.07) is 9.80. The molecule has 106 valence electrons. The van der Waals surface area contributed by atoms with Crippen LogP contribution in [0.1, 0.15) is 43.7 Å². The lowest BCUT2D eigenvalue weighted by molar-refractivity contribution is 0.256. The van der Waals surface area contributed by atoms with Gasteiger partial charge in [-0.2, -0.15) is 0 Å². The van der Waals surface area contributed by atoms with Crippen molar-refractivity contribution in [1.82, 2.24) is 10.2 Å². The maximum atomic E-state index is 3.69. The second-order valence-corrected chi connectivity index (χ2v) is 5.76. The van der Waals surface area contributed by atoms with Crippen LogP contribution in [0.25, 0.3) is 0 Å². The van der Waals surface area contributed by atoms with E-state index in [1.807, 2.05) is 0 Å². The van der Waals surface area contributed by atoms with Crippen LogP contribution in [0.3, 0.4) is 0 Å². The largest absolute Gasteiger partial charge is 0.313 e. The smallest absolute Gasteiger partial charge is 0.0107 e. The molecule has 19 heavy (non-hydrogen) atoms. The van der Waals surface area contributed by atoms with E-state index in [-0.39, 0.29) is 0 Å². The maximum absolute atomic E-state index is 3.69. The van der Waals surface area contributed by atoms with E-state index in [0.717, 1.165) is 31.6 Å². The topological polar surface area (TPSA) is 15.3 Å². The molecule has 1 aromatic carbocycles. The van der Waals surface area contributed by atoms with Crippen molar-refractivity contribution >= 4 is 0 Å². The van der Waals surface area contributed by atoms with Crippen molar-refractivity contribution in [3.63, 3.8) is 0 Å². The summed E-state index contributed by atoms with van der Waals surface area (Å²) >= 11 is 0. The lowest BCUT2D eigenvalue weighted by Gasteiger charge is -2.37. The van der Waals surface area contributed by atoms with Crippen molar-refractivity contribution in [1.29, 1.82) is 0 Å². The van der Waals surface area contributed by atoms with Gasteiger partial charge in [0.2, 0.25) is 0 Å². The number of nitrogens with zero attached hydrogens (tertiary/aromatic N) is 1. The van der Waals surface area contributed by atoms with Crippen LogP contribution in [0.4, 0.5) is 0 Å². The summed E-state index contributed by atoms with van der Waals surface area (Å²) in [7, 11) is 0. The number of likely N-dealkylation sites (N-methyl/N-ethyl adjacent to an activating group) is 1. The van der Waals surface area contributed by atoms with Gasteiger partial charge in [0.1, 0.15) is 0 Å². The second-order valence-electron chi connectivity index (χ2n) is 5.76. The molecule has 1 N–H and O–H groups in total. The summed E-state index contributed by atoms with van der Waals surface area (Å²) in [6.45, 7) is 11.3. The van der Waals surface area contributed by atoms with E-state index < -0.39 is 0 Å². The van der Waals surface area contributed by atoms with E-state index in [4.69, 9.17) is 0 Å². The van der Waals surface area contributed by atoms with Crippen LogP contribution in [-0.4, -0.2) is 37.1 Å². The molecule has 0 heterocycles. The fourth-order valence-corrected chi connectivity index (χ4v) is 2.86. The Morgan fingerprint density at radius 2 is 1.74 bits per heavy atom. The summed E-state index contributed by atoms with van der Waals surface area (Å²) in [5.41, 5.74) is 2.88. The molecule has 0 atom stereocenters. The number of hydrogen-bond donors (Lipinski definition) is 1. The Bertz CT molecular complexity index is 361. The van der Waals surface area contributed by atoms with Gasteiger partial charge in [0.15, 0.2) is 0 Å². The predicted octanol–water partition coefficient (Wildman–Crippen LogP) is 3.17. The van der Waals surface area contributed by atoms with Crippen molar-refractivity contribution in [2.24, 2.45) is 0 Å². The third-order valence-corrected chi connectivity index (χ3v) is 4.44. The van der Waals surface area contributed by atoms with E-state index in [9.17, 15) is 0 Å². The van der Waals surface area contributed by atoms with Crippen molar-refractivity contribution in [2.45, 2.75) is 45.6 Å². The third-order valence-electron chi connectivity index (χ3n) is 4.44. The van der Waals surface area contributed by atoms with E-state index in [2.05, 4.69) is 55.3 Å². The molecule has 1 fully saturated rings. The number of rotatable bonds is 7. The van der Waals surface area contributed by atoms with Crippen LogP contribution in [0.5, 0.6) is 0 Å². The Morgan fingerprint density at radius 3 is 2.32 bits per heavy atom. The molecular formula is C17H28N2. The van der Waals surface area contributed by atoms with Gasteiger partial charge in [0.25, 0.3) is 0 Å². The first-order valence-corrected chi connectivity index (χ1v) is 7.75. The van der Waals surface area contributed by atoms with Gasteiger partial charge in [0.05, 0.1) is 0 Å². The molecule has 2 rings (SSSR count). The third kappa shape index (κ3) is 4.05. The molecule has 0 unspecified atom stereocenters. The van der Waals surface area contributed by atoms with E-state index >= 15 is 0 Å². The van der Waals surface area contributed by atoms with Crippen molar-refractivity contribution < 1.29 is 0 Å². The molecule has 0 saturated heterocycles. The Balaban J connectivity index is 1.65. The first-order valence-electron chi connectivity index (χ1n) is 7.75. The number of aryl methyl sites for hydroxylation is 1. The lowest BCUT2D eigenvalue weighted by atomic mass is 9.76. The molecule has 2 heteroatoms. The number of hydrogen-bond acceptors (Lipinski definition) is 2. The Morgan fingerprint density at radius 1 is 1.11 bits per heavy atom. The summed E-state index contributed by atoms with van der Waals surface area (Å²) in [6.07, 6.45) is 2.61. The zero-order valence-electron chi connectivity index (χ0n) is 12.7. The molecule has 0 radical (unpaired) electrons. The maximum Gasteiger partial charge on any atom is 0.0107 e.